The van der Waals surface area contributed by atoms with Crippen LogP contribution in [0.1, 0.15) is 30.1 Å². The minimum absolute atomic E-state index is 0.0942. The van der Waals surface area contributed by atoms with Gasteiger partial charge in [0.25, 0.3) is 5.91 Å². The zero-order valence-electron chi connectivity index (χ0n) is 14.6. The molecule has 0 radical (unpaired) electrons. The molecular weight excluding hydrogens is 453 g/mol. The van der Waals surface area contributed by atoms with Crippen LogP contribution < -0.4 is 0 Å². The summed E-state index contributed by atoms with van der Waals surface area (Å²) in [5.74, 6) is 0.416. The Morgan fingerprint density at radius 1 is 1.15 bits per heavy atom. The fraction of sp³-hybridized carbons (Fsp3) is 0.211. The average Bonchev–Trinajstić information content (AvgIpc) is 3.10. The van der Waals surface area contributed by atoms with Crippen LogP contribution in [0, 0.1) is 0 Å². The van der Waals surface area contributed by atoms with Crippen LogP contribution in [0.4, 0.5) is 0 Å². The molecule has 1 amide bonds. The fourth-order valence-corrected chi connectivity index (χ4v) is 3.29. The van der Waals surface area contributed by atoms with Crippen molar-refractivity contribution in [3.8, 4) is 11.5 Å². The molecule has 3 aromatic rings. The minimum Gasteiger partial charge on any atom is -0.419 e. The molecule has 2 aromatic carbocycles. The smallest absolute Gasteiger partial charge is 0.256 e. The van der Waals surface area contributed by atoms with E-state index in [4.69, 9.17) is 27.6 Å². The summed E-state index contributed by atoms with van der Waals surface area (Å²) in [6.45, 7) is 3.99. The highest BCUT2D eigenvalue weighted by Gasteiger charge is 2.24. The van der Waals surface area contributed by atoms with Gasteiger partial charge < -0.3 is 9.32 Å². The van der Waals surface area contributed by atoms with Gasteiger partial charge in [-0.05, 0) is 44.2 Å². The van der Waals surface area contributed by atoms with E-state index in [0.717, 1.165) is 4.47 Å². The SMILES string of the molecule is CC(C)N(Cc1nnc(-c2ccccc2Cl)o1)C(=O)c1cc(Br)ccc1Cl. The zero-order valence-corrected chi connectivity index (χ0v) is 17.7. The number of nitrogens with zero attached hydrogens (tertiary/aromatic N) is 3. The summed E-state index contributed by atoms with van der Waals surface area (Å²) in [4.78, 5) is 14.6. The van der Waals surface area contributed by atoms with Gasteiger partial charge >= 0.3 is 0 Å². The first-order valence-corrected chi connectivity index (χ1v) is 9.75. The lowest BCUT2D eigenvalue weighted by Crippen LogP contribution is -2.36. The highest BCUT2D eigenvalue weighted by Crippen LogP contribution is 2.27. The molecule has 27 heavy (non-hydrogen) atoms. The van der Waals surface area contributed by atoms with E-state index in [1.165, 1.54) is 0 Å². The number of carbonyl (C=O) groups excluding carboxylic acids is 1. The van der Waals surface area contributed by atoms with E-state index in [1.807, 2.05) is 26.0 Å². The molecule has 0 atom stereocenters. The van der Waals surface area contributed by atoms with Gasteiger partial charge in [-0.25, -0.2) is 0 Å². The molecule has 0 unspecified atom stereocenters. The third-order valence-corrected chi connectivity index (χ3v) is 5.07. The summed E-state index contributed by atoms with van der Waals surface area (Å²) in [6, 6.07) is 12.3. The number of benzene rings is 2. The van der Waals surface area contributed by atoms with Crippen LogP contribution >= 0.6 is 39.1 Å². The lowest BCUT2D eigenvalue weighted by molar-refractivity contribution is 0.0672. The van der Waals surface area contributed by atoms with E-state index >= 15 is 0 Å². The third-order valence-electron chi connectivity index (χ3n) is 3.92. The number of aromatic nitrogens is 2. The van der Waals surface area contributed by atoms with Crippen LogP contribution in [0.5, 0.6) is 0 Å². The van der Waals surface area contributed by atoms with Gasteiger partial charge in [0, 0.05) is 10.5 Å². The van der Waals surface area contributed by atoms with Crippen LogP contribution in [0.3, 0.4) is 0 Å². The molecular formula is C19H16BrCl2N3O2. The Bertz CT molecular complexity index is 975. The Balaban J connectivity index is 1.86. The van der Waals surface area contributed by atoms with Crippen LogP contribution in [0.25, 0.3) is 11.5 Å². The van der Waals surface area contributed by atoms with Gasteiger partial charge in [0.15, 0.2) is 0 Å². The molecule has 1 heterocycles. The van der Waals surface area contributed by atoms with Gasteiger partial charge in [-0.2, -0.15) is 0 Å². The van der Waals surface area contributed by atoms with Crippen molar-refractivity contribution in [3.05, 3.63) is 68.4 Å². The first-order chi connectivity index (χ1) is 12.9. The standard InChI is InChI=1S/C19H16BrCl2N3O2/c1-11(2)25(19(26)14-9-12(20)7-8-16(14)22)10-17-23-24-18(27-17)13-5-3-4-6-15(13)21/h3-9,11H,10H2,1-2H3. The Hall–Kier alpha value is -1.89. The molecule has 0 aliphatic rings. The van der Waals surface area contributed by atoms with Crippen molar-refractivity contribution in [2.24, 2.45) is 0 Å². The normalized spacial score (nSPS) is 11.0. The van der Waals surface area contributed by atoms with E-state index in [1.54, 1.807) is 35.2 Å². The second-order valence-electron chi connectivity index (χ2n) is 6.13. The number of hydrogen-bond acceptors (Lipinski definition) is 4. The Morgan fingerprint density at radius 2 is 1.89 bits per heavy atom. The lowest BCUT2D eigenvalue weighted by atomic mass is 10.1. The van der Waals surface area contributed by atoms with Gasteiger partial charge in [-0.15, -0.1) is 10.2 Å². The van der Waals surface area contributed by atoms with Crippen LogP contribution in [0.2, 0.25) is 10.0 Å². The van der Waals surface area contributed by atoms with E-state index in [2.05, 4.69) is 26.1 Å². The number of carbonyl (C=O) groups is 1. The average molecular weight is 469 g/mol. The predicted octanol–water partition coefficient (Wildman–Crippen LogP) is 5.86. The molecule has 0 saturated carbocycles. The lowest BCUT2D eigenvalue weighted by Gasteiger charge is -2.25. The molecule has 0 N–H and O–H groups in total. The van der Waals surface area contributed by atoms with Gasteiger partial charge in [-0.1, -0.05) is 51.3 Å². The number of rotatable bonds is 5. The maximum absolute atomic E-state index is 13.0. The van der Waals surface area contributed by atoms with Crippen molar-refractivity contribution in [1.29, 1.82) is 0 Å². The van der Waals surface area contributed by atoms with Crippen LogP contribution in [0.15, 0.2) is 51.4 Å². The molecule has 5 nitrogen and oxygen atoms in total. The summed E-state index contributed by atoms with van der Waals surface area (Å²) in [5, 5.41) is 9.02. The summed E-state index contributed by atoms with van der Waals surface area (Å²) in [6.07, 6.45) is 0. The second-order valence-corrected chi connectivity index (χ2v) is 7.86. The first kappa shape index (κ1) is 19.9. The summed E-state index contributed by atoms with van der Waals surface area (Å²) >= 11 is 15.8. The largest absolute Gasteiger partial charge is 0.419 e. The van der Waals surface area contributed by atoms with E-state index in [9.17, 15) is 4.79 Å². The van der Waals surface area contributed by atoms with Gasteiger partial charge in [0.2, 0.25) is 11.8 Å². The molecule has 1 aromatic heterocycles. The summed E-state index contributed by atoms with van der Waals surface area (Å²) < 4.78 is 6.50. The molecule has 0 spiro atoms. The minimum atomic E-state index is -0.214. The quantitative estimate of drug-likeness (QED) is 0.470. The van der Waals surface area contributed by atoms with Crippen molar-refractivity contribution < 1.29 is 9.21 Å². The maximum atomic E-state index is 13.0. The number of amides is 1. The third kappa shape index (κ3) is 4.51. The molecule has 0 aliphatic heterocycles. The Labute approximate surface area is 175 Å². The summed E-state index contributed by atoms with van der Waals surface area (Å²) in [7, 11) is 0. The molecule has 3 rings (SSSR count). The van der Waals surface area contributed by atoms with E-state index in [-0.39, 0.29) is 18.5 Å². The highest BCUT2D eigenvalue weighted by molar-refractivity contribution is 9.10. The topological polar surface area (TPSA) is 59.2 Å². The van der Waals surface area contributed by atoms with Crippen LogP contribution in [-0.4, -0.2) is 27.0 Å². The van der Waals surface area contributed by atoms with Crippen molar-refractivity contribution in [1.82, 2.24) is 15.1 Å². The first-order valence-electron chi connectivity index (χ1n) is 8.20. The number of hydrogen-bond donors (Lipinski definition) is 0. The van der Waals surface area contributed by atoms with Gasteiger partial charge in [0.05, 0.1) is 27.7 Å². The molecule has 0 bridgehead atoms. The van der Waals surface area contributed by atoms with Crippen molar-refractivity contribution >= 4 is 45.0 Å². The molecule has 140 valence electrons. The molecule has 0 saturated heterocycles. The molecule has 0 fully saturated rings. The Kier molecular flexibility index (Phi) is 6.19. The van der Waals surface area contributed by atoms with E-state index < -0.39 is 0 Å². The van der Waals surface area contributed by atoms with Gasteiger partial charge in [-0.3, -0.25) is 4.79 Å². The van der Waals surface area contributed by atoms with Crippen molar-refractivity contribution in [2.75, 3.05) is 0 Å². The van der Waals surface area contributed by atoms with Gasteiger partial charge in [0.1, 0.15) is 0 Å². The highest BCUT2D eigenvalue weighted by atomic mass is 79.9. The fourth-order valence-electron chi connectivity index (χ4n) is 2.51. The zero-order chi connectivity index (χ0) is 19.6. The monoisotopic (exact) mass is 467 g/mol. The predicted molar refractivity (Wildman–Crippen MR) is 109 cm³/mol. The molecule has 8 heteroatoms. The van der Waals surface area contributed by atoms with E-state index in [0.29, 0.717) is 33.0 Å². The van der Waals surface area contributed by atoms with Crippen molar-refractivity contribution in [3.63, 3.8) is 0 Å². The second kappa shape index (κ2) is 8.42. The number of halogens is 3. The molecule has 0 aliphatic carbocycles. The Morgan fingerprint density at radius 3 is 2.59 bits per heavy atom. The van der Waals surface area contributed by atoms with Crippen LogP contribution in [-0.2, 0) is 6.54 Å². The maximum Gasteiger partial charge on any atom is 0.256 e. The van der Waals surface area contributed by atoms with Crippen molar-refractivity contribution in [2.45, 2.75) is 26.4 Å². The summed E-state index contributed by atoms with van der Waals surface area (Å²) in [5.41, 5.74) is 1.06.